The molecule has 0 aliphatic carbocycles. The summed E-state index contributed by atoms with van der Waals surface area (Å²) in [6, 6.07) is -0.168. The van der Waals surface area contributed by atoms with Gasteiger partial charge < -0.3 is 10.6 Å². The zero-order chi connectivity index (χ0) is 13.8. The van der Waals surface area contributed by atoms with Gasteiger partial charge in [0.2, 0.25) is 11.8 Å². The summed E-state index contributed by atoms with van der Waals surface area (Å²) in [5, 5.41) is 19.3. The molecule has 0 fully saturated rings. The van der Waals surface area contributed by atoms with Crippen molar-refractivity contribution in [1.82, 2.24) is 15.0 Å². The molecule has 100 valence electrons. The number of nitrogens with one attached hydrogen (secondary N) is 2. The molecule has 0 saturated heterocycles. The van der Waals surface area contributed by atoms with Gasteiger partial charge in [-0.15, -0.1) is 11.3 Å². The lowest BCUT2D eigenvalue weighted by atomic mass is 10.3. The summed E-state index contributed by atoms with van der Waals surface area (Å²) in [5.41, 5.74) is -0.164. The van der Waals surface area contributed by atoms with Gasteiger partial charge in [-0.2, -0.15) is 4.98 Å². The van der Waals surface area contributed by atoms with Crippen molar-refractivity contribution in [3.05, 3.63) is 32.9 Å². The SMILES string of the molecule is CNc1ncc([N+](=O)[O-])c(NC(C)c2nccs2)n1. The van der Waals surface area contributed by atoms with Gasteiger partial charge in [-0.25, -0.2) is 9.97 Å². The number of nitro groups is 1. The summed E-state index contributed by atoms with van der Waals surface area (Å²) in [6.07, 6.45) is 2.86. The smallest absolute Gasteiger partial charge is 0.329 e. The molecule has 0 aliphatic heterocycles. The third kappa shape index (κ3) is 2.94. The molecule has 9 heteroatoms. The van der Waals surface area contributed by atoms with Gasteiger partial charge in [0.05, 0.1) is 11.0 Å². The van der Waals surface area contributed by atoms with Crippen LogP contribution in [0.1, 0.15) is 18.0 Å². The lowest BCUT2D eigenvalue weighted by Gasteiger charge is -2.12. The molecule has 1 unspecified atom stereocenters. The highest BCUT2D eigenvalue weighted by molar-refractivity contribution is 7.09. The lowest BCUT2D eigenvalue weighted by Crippen LogP contribution is -2.11. The highest BCUT2D eigenvalue weighted by Gasteiger charge is 2.20. The average Bonchev–Trinajstić information content (AvgIpc) is 2.92. The van der Waals surface area contributed by atoms with Gasteiger partial charge in [0, 0.05) is 18.6 Å². The minimum Gasteiger partial charge on any atom is -0.357 e. The second-order valence-electron chi connectivity index (χ2n) is 3.67. The number of hydrogen-bond acceptors (Lipinski definition) is 8. The normalized spacial score (nSPS) is 11.9. The van der Waals surface area contributed by atoms with Crippen molar-refractivity contribution >= 4 is 28.8 Å². The number of thiazole rings is 1. The molecule has 2 aromatic heterocycles. The van der Waals surface area contributed by atoms with Crippen LogP contribution in [0.2, 0.25) is 0 Å². The number of hydrogen-bond donors (Lipinski definition) is 2. The third-order valence-electron chi connectivity index (χ3n) is 2.36. The molecule has 0 spiro atoms. The van der Waals surface area contributed by atoms with Crippen LogP contribution < -0.4 is 10.6 Å². The van der Waals surface area contributed by atoms with Crippen LogP contribution in [0.4, 0.5) is 17.5 Å². The minimum atomic E-state index is -0.518. The van der Waals surface area contributed by atoms with Crippen LogP contribution in [0.3, 0.4) is 0 Å². The Hall–Kier alpha value is -2.29. The highest BCUT2D eigenvalue weighted by Crippen LogP contribution is 2.27. The number of rotatable bonds is 5. The topological polar surface area (TPSA) is 106 Å². The first-order valence-corrected chi connectivity index (χ1v) is 6.35. The van der Waals surface area contributed by atoms with Crippen LogP contribution in [-0.2, 0) is 0 Å². The molecule has 2 rings (SSSR count). The summed E-state index contributed by atoms with van der Waals surface area (Å²) in [6.45, 7) is 1.86. The zero-order valence-corrected chi connectivity index (χ0v) is 11.1. The van der Waals surface area contributed by atoms with E-state index in [4.69, 9.17) is 0 Å². The summed E-state index contributed by atoms with van der Waals surface area (Å²) in [5.74, 6) is 0.492. The zero-order valence-electron chi connectivity index (χ0n) is 10.3. The van der Waals surface area contributed by atoms with Crippen molar-refractivity contribution in [1.29, 1.82) is 0 Å². The number of aromatic nitrogens is 3. The molecular weight excluding hydrogens is 268 g/mol. The van der Waals surface area contributed by atoms with E-state index < -0.39 is 4.92 Å². The lowest BCUT2D eigenvalue weighted by molar-refractivity contribution is -0.384. The number of nitrogens with zero attached hydrogens (tertiary/aromatic N) is 4. The third-order valence-corrected chi connectivity index (χ3v) is 3.32. The van der Waals surface area contributed by atoms with E-state index in [1.807, 2.05) is 12.3 Å². The van der Waals surface area contributed by atoms with E-state index in [0.717, 1.165) is 5.01 Å². The van der Waals surface area contributed by atoms with E-state index in [0.29, 0.717) is 5.95 Å². The maximum atomic E-state index is 10.9. The molecule has 8 nitrogen and oxygen atoms in total. The molecule has 2 aromatic rings. The molecule has 0 radical (unpaired) electrons. The van der Waals surface area contributed by atoms with E-state index >= 15 is 0 Å². The Morgan fingerprint density at radius 2 is 2.26 bits per heavy atom. The van der Waals surface area contributed by atoms with E-state index in [1.165, 1.54) is 17.5 Å². The van der Waals surface area contributed by atoms with E-state index in [9.17, 15) is 10.1 Å². The Bertz CT molecular complexity index is 573. The van der Waals surface area contributed by atoms with Crippen molar-refractivity contribution in [2.24, 2.45) is 0 Å². The van der Waals surface area contributed by atoms with E-state index in [1.54, 1.807) is 13.2 Å². The quantitative estimate of drug-likeness (QED) is 0.637. The van der Waals surface area contributed by atoms with E-state index in [-0.39, 0.29) is 17.5 Å². The first kappa shape index (κ1) is 13.1. The maximum absolute atomic E-state index is 10.9. The van der Waals surface area contributed by atoms with Crippen LogP contribution in [-0.4, -0.2) is 26.9 Å². The monoisotopic (exact) mass is 280 g/mol. The molecule has 0 aliphatic rings. The summed E-state index contributed by atoms with van der Waals surface area (Å²) in [7, 11) is 1.65. The predicted octanol–water partition coefficient (Wildman–Crippen LogP) is 2.06. The molecule has 0 saturated carbocycles. The molecular formula is C10H12N6O2S. The highest BCUT2D eigenvalue weighted by atomic mass is 32.1. The van der Waals surface area contributed by atoms with Crippen LogP contribution in [0, 0.1) is 10.1 Å². The van der Waals surface area contributed by atoms with Crippen LogP contribution in [0.25, 0.3) is 0 Å². The van der Waals surface area contributed by atoms with Gasteiger partial charge in [0.1, 0.15) is 11.2 Å². The fraction of sp³-hybridized carbons (Fsp3) is 0.300. The second kappa shape index (κ2) is 5.57. The van der Waals surface area contributed by atoms with Crippen molar-refractivity contribution in [2.75, 3.05) is 17.7 Å². The Kier molecular flexibility index (Phi) is 3.85. The van der Waals surface area contributed by atoms with Crippen molar-refractivity contribution in [2.45, 2.75) is 13.0 Å². The van der Waals surface area contributed by atoms with Gasteiger partial charge in [-0.3, -0.25) is 10.1 Å². The van der Waals surface area contributed by atoms with Crippen molar-refractivity contribution in [3.8, 4) is 0 Å². The maximum Gasteiger partial charge on any atom is 0.329 e. The largest absolute Gasteiger partial charge is 0.357 e. The standard InChI is InChI=1S/C10H12N6O2S/c1-6(9-12-3-4-19-9)14-8-7(16(17)18)5-13-10(11-2)15-8/h3-6H,1-2H3,(H2,11,13,14,15). The molecule has 2 N–H and O–H groups in total. The van der Waals surface area contributed by atoms with Gasteiger partial charge in [-0.1, -0.05) is 0 Å². The average molecular weight is 280 g/mol. The van der Waals surface area contributed by atoms with Crippen LogP contribution >= 0.6 is 11.3 Å². The minimum absolute atomic E-state index is 0.164. The molecule has 1 atom stereocenters. The Labute approximate surface area is 113 Å². The molecule has 2 heterocycles. The summed E-state index contributed by atoms with van der Waals surface area (Å²) < 4.78 is 0. The van der Waals surface area contributed by atoms with E-state index in [2.05, 4.69) is 25.6 Å². The second-order valence-corrected chi connectivity index (χ2v) is 4.60. The van der Waals surface area contributed by atoms with Crippen LogP contribution in [0.5, 0.6) is 0 Å². The first-order valence-electron chi connectivity index (χ1n) is 5.47. The fourth-order valence-electron chi connectivity index (χ4n) is 1.45. The Morgan fingerprint density at radius 3 is 2.84 bits per heavy atom. The van der Waals surface area contributed by atoms with Gasteiger partial charge in [-0.05, 0) is 6.92 Å². The molecule has 0 amide bonds. The fourth-order valence-corrected chi connectivity index (χ4v) is 2.10. The molecule has 19 heavy (non-hydrogen) atoms. The Balaban J connectivity index is 2.29. The predicted molar refractivity (Wildman–Crippen MR) is 72.4 cm³/mol. The van der Waals surface area contributed by atoms with Crippen molar-refractivity contribution in [3.63, 3.8) is 0 Å². The first-order chi connectivity index (χ1) is 9.11. The summed E-state index contributed by atoms with van der Waals surface area (Å²) in [4.78, 5) is 22.5. The summed E-state index contributed by atoms with van der Waals surface area (Å²) >= 11 is 1.47. The number of anilines is 2. The van der Waals surface area contributed by atoms with Gasteiger partial charge >= 0.3 is 5.69 Å². The molecule has 0 bridgehead atoms. The Morgan fingerprint density at radius 1 is 1.47 bits per heavy atom. The molecule has 0 aromatic carbocycles. The van der Waals surface area contributed by atoms with Crippen LogP contribution in [0.15, 0.2) is 17.8 Å². The van der Waals surface area contributed by atoms with Gasteiger partial charge in [0.15, 0.2) is 0 Å². The van der Waals surface area contributed by atoms with Crippen molar-refractivity contribution < 1.29 is 4.92 Å². The van der Waals surface area contributed by atoms with Gasteiger partial charge in [0.25, 0.3) is 0 Å².